The highest BCUT2D eigenvalue weighted by atomic mass is 16.5. The maximum absolute atomic E-state index is 5.81. The van der Waals surface area contributed by atoms with E-state index in [2.05, 4.69) is 19.0 Å². The molecule has 0 atom stereocenters. The second-order valence-electron chi connectivity index (χ2n) is 4.21. The van der Waals surface area contributed by atoms with Crippen molar-refractivity contribution in [3.8, 4) is 0 Å². The minimum absolute atomic E-state index is 0.425. The predicted octanol–water partition coefficient (Wildman–Crippen LogP) is 0.834. The lowest BCUT2D eigenvalue weighted by Crippen LogP contribution is -2.31. The Morgan fingerprint density at radius 3 is 2.38 bits per heavy atom. The third-order valence-electron chi connectivity index (χ3n) is 2.61. The van der Waals surface area contributed by atoms with E-state index in [1.54, 1.807) is 0 Å². The molecule has 0 heterocycles. The predicted molar refractivity (Wildman–Crippen MR) is 54.7 cm³/mol. The van der Waals surface area contributed by atoms with E-state index in [0.717, 1.165) is 38.8 Å². The molecule has 1 fully saturated rings. The van der Waals surface area contributed by atoms with Crippen LogP contribution in [0.5, 0.6) is 0 Å². The van der Waals surface area contributed by atoms with Crippen LogP contribution < -0.4 is 5.73 Å². The van der Waals surface area contributed by atoms with E-state index in [4.69, 9.17) is 10.5 Å². The monoisotopic (exact) mass is 186 g/mol. The summed E-state index contributed by atoms with van der Waals surface area (Å²) in [6.07, 6.45) is 5.03. The number of nitrogens with two attached hydrogens (primary N) is 1. The first kappa shape index (κ1) is 11.0. The second kappa shape index (κ2) is 5.58. The average molecular weight is 186 g/mol. The molecule has 13 heavy (non-hydrogen) atoms. The van der Waals surface area contributed by atoms with Gasteiger partial charge in [-0.1, -0.05) is 0 Å². The molecule has 0 unspecified atom stereocenters. The van der Waals surface area contributed by atoms with Crippen LogP contribution >= 0.6 is 0 Å². The molecule has 0 aromatic carbocycles. The molecule has 0 aliphatic heterocycles. The molecule has 2 N–H and O–H groups in total. The number of ether oxygens (including phenoxy) is 1. The third kappa shape index (κ3) is 4.60. The Morgan fingerprint density at radius 1 is 1.23 bits per heavy atom. The Balaban J connectivity index is 2.02. The van der Waals surface area contributed by atoms with Crippen molar-refractivity contribution in [2.45, 2.75) is 37.8 Å². The molecule has 1 aliphatic carbocycles. The lowest BCUT2D eigenvalue weighted by Gasteiger charge is -2.26. The van der Waals surface area contributed by atoms with E-state index in [9.17, 15) is 0 Å². The van der Waals surface area contributed by atoms with Gasteiger partial charge >= 0.3 is 0 Å². The molecule has 3 heteroatoms. The molecular formula is C10H22N2O. The van der Waals surface area contributed by atoms with Gasteiger partial charge in [0.15, 0.2) is 0 Å². The normalized spacial score (nSPS) is 29.5. The molecule has 0 aromatic heterocycles. The summed E-state index contributed by atoms with van der Waals surface area (Å²) in [5.41, 5.74) is 5.81. The SMILES string of the molecule is CN(C)CCO[C@H]1CC[C@H](N)CC1. The molecule has 1 rings (SSSR count). The minimum Gasteiger partial charge on any atom is -0.377 e. The summed E-state index contributed by atoms with van der Waals surface area (Å²) in [6, 6.07) is 0.425. The Bertz CT molecular complexity index is 131. The standard InChI is InChI=1S/C10H22N2O/c1-12(2)7-8-13-10-5-3-9(11)4-6-10/h9-10H,3-8,11H2,1-2H3/t9-,10-. The molecule has 0 radical (unpaired) electrons. The van der Waals surface area contributed by atoms with Crippen molar-refractivity contribution in [2.24, 2.45) is 5.73 Å². The van der Waals surface area contributed by atoms with Gasteiger partial charge in [0.2, 0.25) is 0 Å². The Labute approximate surface area is 81.2 Å². The fourth-order valence-corrected chi connectivity index (χ4v) is 1.66. The van der Waals surface area contributed by atoms with E-state index in [0.29, 0.717) is 12.1 Å². The molecule has 78 valence electrons. The van der Waals surface area contributed by atoms with Crippen LogP contribution in [0.15, 0.2) is 0 Å². The van der Waals surface area contributed by atoms with Gasteiger partial charge in [-0.05, 0) is 39.8 Å². The lowest BCUT2D eigenvalue weighted by molar-refractivity contribution is 0.0184. The average Bonchev–Trinajstić information content (AvgIpc) is 2.08. The van der Waals surface area contributed by atoms with Crippen LogP contribution in [0, 0.1) is 0 Å². The summed E-state index contributed by atoms with van der Waals surface area (Å²) in [7, 11) is 4.14. The van der Waals surface area contributed by atoms with Gasteiger partial charge in [0.05, 0.1) is 12.7 Å². The molecule has 1 aliphatic rings. The van der Waals surface area contributed by atoms with Crippen molar-refractivity contribution in [3.63, 3.8) is 0 Å². The first-order valence-electron chi connectivity index (χ1n) is 5.20. The van der Waals surface area contributed by atoms with E-state index in [1.807, 2.05) is 0 Å². The lowest BCUT2D eigenvalue weighted by atomic mass is 9.94. The topological polar surface area (TPSA) is 38.5 Å². The number of likely N-dealkylation sites (N-methyl/N-ethyl adjacent to an activating group) is 1. The highest BCUT2D eigenvalue weighted by Gasteiger charge is 2.18. The third-order valence-corrected chi connectivity index (χ3v) is 2.61. The van der Waals surface area contributed by atoms with Crippen molar-refractivity contribution in [1.82, 2.24) is 4.90 Å². The van der Waals surface area contributed by atoms with Gasteiger partial charge in [-0.2, -0.15) is 0 Å². The molecule has 3 nitrogen and oxygen atoms in total. The molecule has 0 aromatic rings. The van der Waals surface area contributed by atoms with E-state index in [1.165, 1.54) is 0 Å². The van der Waals surface area contributed by atoms with Gasteiger partial charge in [0.25, 0.3) is 0 Å². The van der Waals surface area contributed by atoms with Crippen LogP contribution in [0.4, 0.5) is 0 Å². The van der Waals surface area contributed by atoms with Crippen LogP contribution in [0.2, 0.25) is 0 Å². The highest BCUT2D eigenvalue weighted by Crippen LogP contribution is 2.19. The smallest absolute Gasteiger partial charge is 0.0596 e. The van der Waals surface area contributed by atoms with Crippen molar-refractivity contribution in [3.05, 3.63) is 0 Å². The maximum atomic E-state index is 5.81. The van der Waals surface area contributed by atoms with Gasteiger partial charge in [-0.25, -0.2) is 0 Å². The molecule has 0 bridgehead atoms. The van der Waals surface area contributed by atoms with Gasteiger partial charge in [0, 0.05) is 12.6 Å². The van der Waals surface area contributed by atoms with E-state index < -0.39 is 0 Å². The number of rotatable bonds is 4. The maximum Gasteiger partial charge on any atom is 0.0596 e. The van der Waals surface area contributed by atoms with Crippen LogP contribution in [0.3, 0.4) is 0 Å². The molecule has 0 spiro atoms. The van der Waals surface area contributed by atoms with Crippen LogP contribution in [0.1, 0.15) is 25.7 Å². The zero-order chi connectivity index (χ0) is 9.68. The van der Waals surface area contributed by atoms with Crippen LogP contribution in [0.25, 0.3) is 0 Å². The summed E-state index contributed by atoms with van der Waals surface area (Å²) in [5, 5.41) is 0. The van der Waals surface area contributed by atoms with Gasteiger partial charge in [-0.3, -0.25) is 0 Å². The van der Waals surface area contributed by atoms with E-state index >= 15 is 0 Å². The molecule has 1 saturated carbocycles. The minimum atomic E-state index is 0.425. The quantitative estimate of drug-likeness (QED) is 0.707. The van der Waals surface area contributed by atoms with Gasteiger partial charge < -0.3 is 15.4 Å². The zero-order valence-corrected chi connectivity index (χ0v) is 8.83. The summed E-state index contributed by atoms with van der Waals surface area (Å²) < 4.78 is 5.74. The molecule has 0 amide bonds. The summed E-state index contributed by atoms with van der Waals surface area (Å²) >= 11 is 0. The van der Waals surface area contributed by atoms with Crippen LogP contribution in [-0.4, -0.2) is 44.3 Å². The van der Waals surface area contributed by atoms with Gasteiger partial charge in [-0.15, -0.1) is 0 Å². The fraction of sp³-hybridized carbons (Fsp3) is 1.00. The van der Waals surface area contributed by atoms with Crippen LogP contribution in [-0.2, 0) is 4.74 Å². The van der Waals surface area contributed by atoms with Crippen molar-refractivity contribution >= 4 is 0 Å². The first-order valence-corrected chi connectivity index (χ1v) is 5.20. The van der Waals surface area contributed by atoms with E-state index in [-0.39, 0.29) is 0 Å². The molecular weight excluding hydrogens is 164 g/mol. The Hall–Kier alpha value is -0.120. The Kier molecular flexibility index (Phi) is 4.70. The number of hydrogen-bond acceptors (Lipinski definition) is 3. The van der Waals surface area contributed by atoms with Crippen molar-refractivity contribution in [2.75, 3.05) is 27.2 Å². The Morgan fingerprint density at radius 2 is 1.85 bits per heavy atom. The van der Waals surface area contributed by atoms with Gasteiger partial charge in [0.1, 0.15) is 0 Å². The summed E-state index contributed by atoms with van der Waals surface area (Å²) in [4.78, 5) is 2.15. The highest BCUT2D eigenvalue weighted by molar-refractivity contribution is 4.74. The van der Waals surface area contributed by atoms with Crippen molar-refractivity contribution < 1.29 is 4.74 Å². The van der Waals surface area contributed by atoms with Crippen molar-refractivity contribution in [1.29, 1.82) is 0 Å². The summed E-state index contributed by atoms with van der Waals surface area (Å²) in [5.74, 6) is 0. The fourth-order valence-electron chi connectivity index (χ4n) is 1.66. The largest absolute Gasteiger partial charge is 0.377 e. The molecule has 0 saturated heterocycles. The summed E-state index contributed by atoms with van der Waals surface area (Å²) in [6.45, 7) is 1.87. The number of hydrogen-bond donors (Lipinski definition) is 1. The second-order valence-corrected chi connectivity index (χ2v) is 4.21. The first-order chi connectivity index (χ1) is 6.18. The zero-order valence-electron chi connectivity index (χ0n) is 8.83. The number of nitrogens with zero attached hydrogens (tertiary/aromatic N) is 1.